The average molecular weight is 201 g/mol. The second-order valence-electron chi connectivity index (χ2n) is 3.44. The van der Waals surface area contributed by atoms with Gasteiger partial charge in [-0.3, -0.25) is 5.01 Å². The number of furan rings is 1. The van der Waals surface area contributed by atoms with Gasteiger partial charge >= 0.3 is 0 Å². The van der Waals surface area contributed by atoms with Gasteiger partial charge in [-0.05, 0) is 24.3 Å². The summed E-state index contributed by atoms with van der Waals surface area (Å²) in [6.07, 6.45) is 5.68. The molecule has 1 aromatic heterocycles. The molecule has 3 rings (SSSR count). The van der Waals surface area contributed by atoms with E-state index in [1.165, 1.54) is 0 Å². The maximum Gasteiger partial charge on any atom is 0.150 e. The fraction of sp³-hybridized carbons (Fsp3) is 0.0909. The van der Waals surface area contributed by atoms with Gasteiger partial charge < -0.3 is 9.73 Å². The molecule has 0 atom stereocenters. The van der Waals surface area contributed by atoms with E-state index in [-0.39, 0.29) is 0 Å². The van der Waals surface area contributed by atoms with E-state index in [9.17, 15) is 0 Å². The Balaban J connectivity index is 1.99. The molecule has 3 heterocycles. The van der Waals surface area contributed by atoms with Crippen LogP contribution < -0.4 is 10.7 Å². The lowest BCUT2D eigenvalue weighted by Gasteiger charge is -2.28. The predicted molar refractivity (Wildman–Crippen MR) is 56.9 cm³/mol. The molecule has 2 N–H and O–H groups in total. The van der Waals surface area contributed by atoms with Crippen molar-refractivity contribution >= 4 is 5.70 Å². The fourth-order valence-corrected chi connectivity index (χ4v) is 1.74. The standard InChI is InChI=1S/C11H11N3O/c1-8-7-9(10-3-2-6-15-10)13-11-4-5-12-14(8)11/h2-4,6-7,12-13H,1,5H2. The Hall–Kier alpha value is -1.94. The first-order chi connectivity index (χ1) is 7.34. The van der Waals surface area contributed by atoms with Crippen LogP contribution in [0.2, 0.25) is 0 Å². The highest BCUT2D eigenvalue weighted by molar-refractivity contribution is 5.66. The highest BCUT2D eigenvalue weighted by atomic mass is 16.3. The second-order valence-corrected chi connectivity index (χ2v) is 3.44. The molecule has 0 saturated heterocycles. The molecule has 15 heavy (non-hydrogen) atoms. The number of hydrazine groups is 1. The SMILES string of the molecule is C=C1C=C(c2ccco2)NC2=CCNN12. The van der Waals surface area contributed by atoms with Crippen LogP contribution in [0.3, 0.4) is 0 Å². The van der Waals surface area contributed by atoms with Crippen molar-refractivity contribution in [1.29, 1.82) is 0 Å². The zero-order chi connectivity index (χ0) is 10.3. The van der Waals surface area contributed by atoms with Gasteiger partial charge in [0.2, 0.25) is 0 Å². The highest BCUT2D eigenvalue weighted by Gasteiger charge is 2.23. The number of nitrogens with one attached hydrogen (secondary N) is 2. The van der Waals surface area contributed by atoms with Crippen molar-refractivity contribution < 1.29 is 4.42 Å². The molecule has 0 radical (unpaired) electrons. The minimum Gasteiger partial charge on any atom is -0.463 e. The maximum atomic E-state index is 5.33. The van der Waals surface area contributed by atoms with E-state index >= 15 is 0 Å². The van der Waals surface area contributed by atoms with Gasteiger partial charge in [-0.2, -0.15) is 0 Å². The van der Waals surface area contributed by atoms with Crippen LogP contribution in [0.15, 0.2) is 53.1 Å². The van der Waals surface area contributed by atoms with E-state index in [1.54, 1.807) is 6.26 Å². The van der Waals surface area contributed by atoms with E-state index in [2.05, 4.69) is 23.4 Å². The lowest BCUT2D eigenvalue weighted by molar-refractivity contribution is 0.346. The third-order valence-electron chi connectivity index (χ3n) is 2.43. The second kappa shape index (κ2) is 3.03. The number of fused-ring (bicyclic) bond motifs is 1. The molecule has 4 heteroatoms. The molecule has 0 aliphatic carbocycles. The summed E-state index contributed by atoms with van der Waals surface area (Å²) in [5.74, 6) is 1.83. The van der Waals surface area contributed by atoms with Gasteiger partial charge in [-0.1, -0.05) is 6.58 Å². The largest absolute Gasteiger partial charge is 0.463 e. The zero-order valence-corrected chi connectivity index (χ0v) is 8.16. The maximum absolute atomic E-state index is 5.33. The lowest BCUT2D eigenvalue weighted by Crippen LogP contribution is -2.37. The van der Waals surface area contributed by atoms with E-state index in [0.717, 1.165) is 29.5 Å². The Morgan fingerprint density at radius 1 is 1.47 bits per heavy atom. The molecule has 0 bridgehead atoms. The number of allylic oxidation sites excluding steroid dienone is 1. The van der Waals surface area contributed by atoms with Gasteiger partial charge in [0.05, 0.1) is 17.7 Å². The van der Waals surface area contributed by atoms with Crippen molar-refractivity contribution in [2.24, 2.45) is 0 Å². The molecular formula is C11H11N3O. The first kappa shape index (κ1) is 8.38. The van der Waals surface area contributed by atoms with Crippen LogP contribution in [0.4, 0.5) is 0 Å². The Morgan fingerprint density at radius 2 is 2.40 bits per heavy atom. The number of hydrogen-bond acceptors (Lipinski definition) is 4. The van der Waals surface area contributed by atoms with Crippen LogP contribution in [0.25, 0.3) is 5.70 Å². The van der Waals surface area contributed by atoms with E-state index in [4.69, 9.17) is 4.42 Å². The molecule has 0 saturated carbocycles. The summed E-state index contributed by atoms with van der Waals surface area (Å²) in [5, 5.41) is 5.20. The van der Waals surface area contributed by atoms with Gasteiger partial charge in [0.25, 0.3) is 0 Å². The van der Waals surface area contributed by atoms with Gasteiger partial charge in [-0.25, -0.2) is 5.43 Å². The Kier molecular flexibility index (Phi) is 1.69. The van der Waals surface area contributed by atoms with Crippen molar-refractivity contribution in [3.05, 3.63) is 54.4 Å². The third kappa shape index (κ3) is 1.27. The van der Waals surface area contributed by atoms with E-state index in [0.29, 0.717) is 0 Å². The van der Waals surface area contributed by atoms with Crippen molar-refractivity contribution in [3.8, 4) is 0 Å². The summed E-state index contributed by atoms with van der Waals surface area (Å²) in [4.78, 5) is 0. The monoisotopic (exact) mass is 201 g/mol. The molecule has 2 aliphatic heterocycles. The molecule has 0 amide bonds. The first-order valence-electron chi connectivity index (χ1n) is 4.80. The van der Waals surface area contributed by atoms with Crippen LogP contribution in [-0.4, -0.2) is 11.6 Å². The quantitative estimate of drug-likeness (QED) is 0.720. The third-order valence-corrected chi connectivity index (χ3v) is 2.43. The summed E-state index contributed by atoms with van der Waals surface area (Å²) in [6, 6.07) is 3.79. The number of rotatable bonds is 1. The van der Waals surface area contributed by atoms with Gasteiger partial charge in [-0.15, -0.1) is 0 Å². The molecular weight excluding hydrogens is 190 g/mol. The smallest absolute Gasteiger partial charge is 0.150 e. The zero-order valence-electron chi connectivity index (χ0n) is 8.16. The van der Waals surface area contributed by atoms with Crippen LogP contribution in [-0.2, 0) is 0 Å². The van der Waals surface area contributed by atoms with Crippen molar-refractivity contribution in [3.63, 3.8) is 0 Å². The van der Waals surface area contributed by atoms with Crippen molar-refractivity contribution in [2.75, 3.05) is 6.54 Å². The predicted octanol–water partition coefficient (Wildman–Crippen LogP) is 1.40. The first-order valence-corrected chi connectivity index (χ1v) is 4.80. The Labute approximate surface area is 87.5 Å². The van der Waals surface area contributed by atoms with Crippen LogP contribution in [0.1, 0.15) is 5.76 Å². The van der Waals surface area contributed by atoms with E-state index in [1.807, 2.05) is 23.2 Å². The normalized spacial score (nSPS) is 19.5. The molecule has 0 spiro atoms. The van der Waals surface area contributed by atoms with Crippen LogP contribution in [0.5, 0.6) is 0 Å². The van der Waals surface area contributed by atoms with Gasteiger partial charge in [0.15, 0.2) is 0 Å². The highest BCUT2D eigenvalue weighted by Crippen LogP contribution is 2.25. The lowest BCUT2D eigenvalue weighted by atomic mass is 10.2. The molecule has 0 unspecified atom stereocenters. The number of hydrogen-bond donors (Lipinski definition) is 2. The number of nitrogens with zero attached hydrogens (tertiary/aromatic N) is 1. The summed E-state index contributed by atoms with van der Waals surface area (Å²) in [5.41, 5.74) is 5.02. The molecule has 2 aliphatic rings. The van der Waals surface area contributed by atoms with Crippen molar-refractivity contribution in [2.45, 2.75) is 0 Å². The van der Waals surface area contributed by atoms with E-state index < -0.39 is 0 Å². The summed E-state index contributed by atoms with van der Waals surface area (Å²) < 4.78 is 5.33. The Bertz CT molecular complexity index is 456. The van der Waals surface area contributed by atoms with Gasteiger partial charge in [0.1, 0.15) is 11.6 Å². The topological polar surface area (TPSA) is 40.4 Å². The minimum atomic E-state index is 0.820. The molecule has 4 nitrogen and oxygen atoms in total. The van der Waals surface area contributed by atoms with Gasteiger partial charge in [0, 0.05) is 6.54 Å². The summed E-state index contributed by atoms with van der Waals surface area (Å²) in [6.45, 7) is 4.80. The molecule has 1 aromatic rings. The summed E-state index contributed by atoms with van der Waals surface area (Å²) >= 11 is 0. The Morgan fingerprint density at radius 3 is 3.20 bits per heavy atom. The van der Waals surface area contributed by atoms with Crippen LogP contribution >= 0.6 is 0 Å². The average Bonchev–Trinajstić information content (AvgIpc) is 2.88. The molecule has 0 fully saturated rings. The summed E-state index contributed by atoms with van der Waals surface area (Å²) in [7, 11) is 0. The fourth-order valence-electron chi connectivity index (χ4n) is 1.74. The van der Waals surface area contributed by atoms with Crippen molar-refractivity contribution in [1.82, 2.24) is 15.8 Å². The van der Waals surface area contributed by atoms with Crippen LogP contribution in [0, 0.1) is 0 Å². The minimum absolute atomic E-state index is 0.820. The molecule has 76 valence electrons. The molecule has 0 aromatic carbocycles.